The molecule has 0 aliphatic carbocycles. The van der Waals surface area contributed by atoms with E-state index >= 15 is 0 Å². The van der Waals surface area contributed by atoms with Gasteiger partial charge in [-0.1, -0.05) is 11.6 Å². The van der Waals surface area contributed by atoms with Crippen molar-refractivity contribution in [3.05, 3.63) is 22.7 Å². The quantitative estimate of drug-likeness (QED) is 0.782. The molecule has 0 spiro atoms. The minimum absolute atomic E-state index is 0.0480. The number of ether oxygens (including phenoxy) is 1. The number of anilines is 1. The molecule has 0 aliphatic heterocycles. The molecule has 1 rings (SSSR count). The maximum Gasteiger partial charge on any atom is 0.573 e. The summed E-state index contributed by atoms with van der Waals surface area (Å²) in [4.78, 5) is 0. The summed E-state index contributed by atoms with van der Waals surface area (Å²) in [5.41, 5.74) is 5.18. The summed E-state index contributed by atoms with van der Waals surface area (Å²) in [6, 6.07) is 2.04. The predicted octanol–water partition coefficient (Wildman–Crippen LogP) is 2.31. The van der Waals surface area contributed by atoms with Crippen LogP contribution in [-0.4, -0.2) is 11.5 Å². The summed E-state index contributed by atoms with van der Waals surface area (Å²) in [5, 5.41) is 8.85. The van der Waals surface area contributed by atoms with E-state index in [1.54, 1.807) is 0 Å². The summed E-state index contributed by atoms with van der Waals surface area (Å²) in [7, 11) is 0. The van der Waals surface area contributed by atoms with Crippen molar-refractivity contribution in [2.75, 3.05) is 5.73 Å². The molecule has 3 N–H and O–H groups in total. The van der Waals surface area contributed by atoms with Crippen LogP contribution in [-0.2, 0) is 6.61 Å². The Morgan fingerprint density at radius 1 is 1.40 bits per heavy atom. The third kappa shape index (κ3) is 3.17. The number of hydrogen-bond acceptors (Lipinski definition) is 3. The number of rotatable bonds is 2. The highest BCUT2D eigenvalue weighted by Crippen LogP contribution is 2.32. The van der Waals surface area contributed by atoms with Gasteiger partial charge < -0.3 is 15.6 Å². The minimum Gasteiger partial charge on any atom is -0.405 e. The maximum absolute atomic E-state index is 11.9. The lowest BCUT2D eigenvalue weighted by molar-refractivity contribution is -0.275. The van der Waals surface area contributed by atoms with E-state index in [0.29, 0.717) is 0 Å². The molecule has 1 aromatic rings. The molecule has 0 aliphatic rings. The second-order valence-corrected chi connectivity index (χ2v) is 3.09. The molecule has 7 heteroatoms. The molecular weight excluding hydrogens is 235 g/mol. The molecule has 0 fully saturated rings. The molecule has 84 valence electrons. The van der Waals surface area contributed by atoms with Crippen molar-refractivity contribution in [2.24, 2.45) is 0 Å². The lowest BCUT2D eigenvalue weighted by atomic mass is 10.2. The van der Waals surface area contributed by atoms with Crippen LogP contribution in [0.3, 0.4) is 0 Å². The molecule has 0 saturated carbocycles. The number of benzene rings is 1. The van der Waals surface area contributed by atoms with E-state index in [0.717, 1.165) is 12.1 Å². The molecule has 0 saturated heterocycles. The average molecular weight is 242 g/mol. The highest BCUT2D eigenvalue weighted by Gasteiger charge is 2.32. The fraction of sp³-hybridized carbons (Fsp3) is 0.250. The Morgan fingerprint density at radius 3 is 2.47 bits per heavy atom. The number of halogens is 4. The number of aliphatic hydroxyl groups is 1. The smallest absolute Gasteiger partial charge is 0.405 e. The number of alkyl halides is 3. The predicted molar refractivity (Wildman–Crippen MR) is 48.5 cm³/mol. The molecule has 0 heterocycles. The topological polar surface area (TPSA) is 55.5 Å². The molecule has 0 amide bonds. The molecule has 0 radical (unpaired) electrons. The Labute approximate surface area is 88.2 Å². The summed E-state index contributed by atoms with van der Waals surface area (Å²) in [5.74, 6) is -0.549. The van der Waals surface area contributed by atoms with Crippen LogP contribution >= 0.6 is 11.6 Å². The van der Waals surface area contributed by atoms with Crippen LogP contribution in [0, 0.1) is 0 Å². The first kappa shape index (κ1) is 11.9. The first-order chi connectivity index (χ1) is 6.83. The highest BCUT2D eigenvalue weighted by molar-refractivity contribution is 6.33. The van der Waals surface area contributed by atoms with Crippen LogP contribution in [0.5, 0.6) is 5.75 Å². The van der Waals surface area contributed by atoms with Crippen LogP contribution in [0.4, 0.5) is 18.9 Å². The summed E-state index contributed by atoms with van der Waals surface area (Å²) in [6.45, 7) is -0.620. The van der Waals surface area contributed by atoms with Crippen LogP contribution in [0.15, 0.2) is 12.1 Å². The van der Waals surface area contributed by atoms with Crippen LogP contribution in [0.1, 0.15) is 5.56 Å². The monoisotopic (exact) mass is 241 g/mol. The molecule has 15 heavy (non-hydrogen) atoms. The molecule has 1 aromatic carbocycles. The van der Waals surface area contributed by atoms with Crippen molar-refractivity contribution in [1.29, 1.82) is 0 Å². The maximum atomic E-state index is 11.9. The second-order valence-electron chi connectivity index (χ2n) is 2.69. The van der Waals surface area contributed by atoms with Crippen LogP contribution in [0.25, 0.3) is 0 Å². The van der Waals surface area contributed by atoms with E-state index in [-0.39, 0.29) is 16.3 Å². The Hall–Kier alpha value is -1.14. The number of aliphatic hydroxyl groups excluding tert-OH is 1. The van der Waals surface area contributed by atoms with Gasteiger partial charge in [-0.25, -0.2) is 0 Å². The lowest BCUT2D eigenvalue weighted by Crippen LogP contribution is -2.18. The van der Waals surface area contributed by atoms with Gasteiger partial charge in [0.25, 0.3) is 0 Å². The first-order valence-electron chi connectivity index (χ1n) is 3.78. The van der Waals surface area contributed by atoms with E-state index in [2.05, 4.69) is 4.74 Å². The van der Waals surface area contributed by atoms with E-state index < -0.39 is 18.7 Å². The fourth-order valence-electron chi connectivity index (χ4n) is 0.954. The second kappa shape index (κ2) is 4.16. The fourth-order valence-corrected chi connectivity index (χ4v) is 1.14. The molecule has 0 unspecified atom stereocenters. The van der Waals surface area contributed by atoms with Crippen molar-refractivity contribution < 1.29 is 23.0 Å². The van der Waals surface area contributed by atoms with E-state index in [1.807, 2.05) is 0 Å². The molecule has 0 aromatic heterocycles. The van der Waals surface area contributed by atoms with Crippen LogP contribution in [0.2, 0.25) is 5.02 Å². The minimum atomic E-state index is -4.83. The van der Waals surface area contributed by atoms with Crippen LogP contribution < -0.4 is 10.5 Å². The summed E-state index contributed by atoms with van der Waals surface area (Å²) in [6.07, 6.45) is -4.83. The van der Waals surface area contributed by atoms with Gasteiger partial charge in [0.15, 0.2) is 0 Å². The standard InChI is InChI=1S/C8H7ClF3NO2/c9-5-1-4(3-14)7(2-6(5)13)15-8(10,11)12/h1-2,14H,3,13H2. The Morgan fingerprint density at radius 2 is 2.00 bits per heavy atom. The third-order valence-corrected chi connectivity index (χ3v) is 1.90. The third-order valence-electron chi connectivity index (χ3n) is 1.58. The Bertz CT molecular complexity index is 368. The van der Waals surface area contributed by atoms with Crippen molar-refractivity contribution in [3.8, 4) is 5.75 Å². The zero-order chi connectivity index (χ0) is 11.6. The highest BCUT2D eigenvalue weighted by atomic mass is 35.5. The summed E-state index contributed by atoms with van der Waals surface area (Å²) < 4.78 is 39.4. The normalized spacial score (nSPS) is 11.5. The summed E-state index contributed by atoms with van der Waals surface area (Å²) >= 11 is 5.56. The SMILES string of the molecule is Nc1cc(OC(F)(F)F)c(CO)cc1Cl. The van der Waals surface area contributed by atoms with Crippen molar-refractivity contribution in [1.82, 2.24) is 0 Å². The molecular formula is C8H7ClF3NO2. The van der Waals surface area contributed by atoms with Crippen molar-refractivity contribution in [3.63, 3.8) is 0 Å². The van der Waals surface area contributed by atoms with Gasteiger partial charge in [0.1, 0.15) is 5.75 Å². The van der Waals surface area contributed by atoms with Gasteiger partial charge in [-0.15, -0.1) is 13.2 Å². The molecule has 0 bridgehead atoms. The van der Waals surface area contributed by atoms with Gasteiger partial charge >= 0.3 is 6.36 Å². The number of nitrogens with two attached hydrogens (primary N) is 1. The average Bonchev–Trinajstić information content (AvgIpc) is 2.08. The van der Waals surface area contributed by atoms with E-state index in [9.17, 15) is 13.2 Å². The lowest BCUT2D eigenvalue weighted by Gasteiger charge is -2.13. The first-order valence-corrected chi connectivity index (χ1v) is 4.16. The van der Waals surface area contributed by atoms with Gasteiger partial charge in [0.2, 0.25) is 0 Å². The van der Waals surface area contributed by atoms with Crippen molar-refractivity contribution in [2.45, 2.75) is 13.0 Å². The van der Waals surface area contributed by atoms with E-state index in [4.69, 9.17) is 22.4 Å². The van der Waals surface area contributed by atoms with Gasteiger partial charge in [0, 0.05) is 11.6 Å². The largest absolute Gasteiger partial charge is 0.573 e. The van der Waals surface area contributed by atoms with Gasteiger partial charge in [0.05, 0.1) is 17.3 Å². The van der Waals surface area contributed by atoms with Gasteiger partial charge in [-0.3, -0.25) is 0 Å². The van der Waals surface area contributed by atoms with Gasteiger partial charge in [-0.05, 0) is 6.07 Å². The number of hydrogen-bond donors (Lipinski definition) is 2. The molecule has 3 nitrogen and oxygen atoms in total. The molecule has 0 atom stereocenters. The zero-order valence-electron chi connectivity index (χ0n) is 7.31. The Kier molecular flexibility index (Phi) is 3.31. The van der Waals surface area contributed by atoms with Gasteiger partial charge in [-0.2, -0.15) is 0 Å². The zero-order valence-corrected chi connectivity index (χ0v) is 8.06. The van der Waals surface area contributed by atoms with E-state index in [1.165, 1.54) is 0 Å². The number of nitrogen functional groups attached to an aromatic ring is 1. The Balaban J connectivity index is 3.11. The van der Waals surface area contributed by atoms with Crippen molar-refractivity contribution >= 4 is 17.3 Å².